The summed E-state index contributed by atoms with van der Waals surface area (Å²) < 4.78 is 1.49. The predicted molar refractivity (Wildman–Crippen MR) is 72.6 cm³/mol. The highest BCUT2D eigenvalue weighted by atomic mass is 32.2. The second-order valence-corrected chi connectivity index (χ2v) is 5.18. The van der Waals surface area contributed by atoms with Crippen LogP contribution in [0.4, 0.5) is 5.82 Å². The Hall–Kier alpha value is -1.47. The summed E-state index contributed by atoms with van der Waals surface area (Å²) in [5.74, 6) is 0.777. The van der Waals surface area contributed by atoms with Crippen molar-refractivity contribution in [2.24, 2.45) is 0 Å². The van der Waals surface area contributed by atoms with Crippen LogP contribution in [0.15, 0.2) is 27.1 Å². The Balaban J connectivity index is 1.95. The third kappa shape index (κ3) is 1.99. The number of rotatable bonds is 1. The lowest BCUT2D eigenvalue weighted by atomic mass is 10.3. The summed E-state index contributed by atoms with van der Waals surface area (Å²) in [5.41, 5.74) is 2.96. The van der Waals surface area contributed by atoms with Gasteiger partial charge in [0.05, 0.1) is 5.03 Å². The number of aromatic nitrogens is 2. The van der Waals surface area contributed by atoms with Gasteiger partial charge in [0.25, 0.3) is 5.56 Å². The van der Waals surface area contributed by atoms with E-state index in [9.17, 15) is 4.79 Å². The molecule has 0 aliphatic carbocycles. The average Bonchev–Trinajstić information content (AvgIpc) is 2.83. The van der Waals surface area contributed by atoms with Gasteiger partial charge in [-0.25, -0.2) is 4.98 Å². The molecule has 1 aromatic rings. The Labute approximate surface area is 109 Å². The van der Waals surface area contributed by atoms with Gasteiger partial charge in [-0.1, -0.05) is 6.08 Å². The maximum atomic E-state index is 12.0. The third-order valence-electron chi connectivity index (χ3n) is 3.00. The minimum Gasteiger partial charge on any atom is -0.354 e. The fourth-order valence-corrected chi connectivity index (χ4v) is 2.85. The average molecular weight is 265 g/mol. The molecule has 0 aromatic carbocycles. The van der Waals surface area contributed by atoms with Crippen LogP contribution in [0.1, 0.15) is 6.92 Å². The van der Waals surface area contributed by atoms with Gasteiger partial charge in [0.2, 0.25) is 0 Å². The van der Waals surface area contributed by atoms with Crippen LogP contribution in [0, 0.1) is 0 Å². The van der Waals surface area contributed by atoms with Crippen LogP contribution < -0.4 is 21.2 Å². The molecular weight excluding hydrogens is 250 g/mol. The molecule has 0 saturated carbocycles. The molecule has 2 aliphatic heterocycles. The van der Waals surface area contributed by atoms with Gasteiger partial charge >= 0.3 is 0 Å². The molecule has 1 aromatic heterocycles. The smallest absolute Gasteiger partial charge is 0.275 e. The SMILES string of the molecule is C/C=C1\Nn2c(nc(N3CCNCC3)cc2=O)S1. The van der Waals surface area contributed by atoms with Crippen LogP contribution in [0.2, 0.25) is 0 Å². The van der Waals surface area contributed by atoms with E-state index in [1.807, 2.05) is 13.0 Å². The summed E-state index contributed by atoms with van der Waals surface area (Å²) in [6.07, 6.45) is 1.93. The van der Waals surface area contributed by atoms with Gasteiger partial charge in [-0.3, -0.25) is 10.2 Å². The van der Waals surface area contributed by atoms with E-state index in [0.29, 0.717) is 5.16 Å². The zero-order valence-corrected chi connectivity index (χ0v) is 11.0. The lowest BCUT2D eigenvalue weighted by Gasteiger charge is -2.28. The number of anilines is 1. The standard InChI is InChI=1S/C11H15N5OS/c1-2-9-14-16-10(17)7-8(13-11(16)18-9)15-5-3-12-4-6-15/h2,7,12,14H,3-6H2,1H3/b9-2+. The summed E-state index contributed by atoms with van der Waals surface area (Å²) in [7, 11) is 0. The highest BCUT2D eigenvalue weighted by Crippen LogP contribution is 2.29. The molecule has 0 amide bonds. The van der Waals surface area contributed by atoms with E-state index in [4.69, 9.17) is 0 Å². The molecule has 3 rings (SSSR count). The van der Waals surface area contributed by atoms with Crippen molar-refractivity contribution in [1.29, 1.82) is 0 Å². The van der Waals surface area contributed by atoms with Gasteiger partial charge in [-0.05, 0) is 18.7 Å². The van der Waals surface area contributed by atoms with Crippen molar-refractivity contribution in [3.8, 4) is 0 Å². The van der Waals surface area contributed by atoms with E-state index in [1.165, 1.54) is 16.4 Å². The number of nitrogens with zero attached hydrogens (tertiary/aromatic N) is 3. The number of thioether (sulfide) groups is 1. The van der Waals surface area contributed by atoms with Gasteiger partial charge in [0, 0.05) is 32.2 Å². The molecule has 3 heterocycles. The first-order valence-electron chi connectivity index (χ1n) is 5.99. The third-order valence-corrected chi connectivity index (χ3v) is 4.00. The highest BCUT2D eigenvalue weighted by Gasteiger charge is 2.21. The molecule has 2 aliphatic rings. The molecule has 0 atom stereocenters. The van der Waals surface area contributed by atoms with Crippen molar-refractivity contribution in [1.82, 2.24) is 15.0 Å². The molecule has 6 nitrogen and oxygen atoms in total. The fourth-order valence-electron chi connectivity index (χ4n) is 2.03. The Morgan fingerprint density at radius 2 is 2.22 bits per heavy atom. The second-order valence-electron chi connectivity index (χ2n) is 4.17. The molecule has 1 fully saturated rings. The first kappa shape index (κ1) is 11.6. The van der Waals surface area contributed by atoms with E-state index >= 15 is 0 Å². The Bertz CT molecular complexity index is 547. The molecule has 2 N–H and O–H groups in total. The maximum absolute atomic E-state index is 12.0. The predicted octanol–water partition coefficient (Wildman–Crippen LogP) is 0.163. The number of hydrogen-bond acceptors (Lipinski definition) is 6. The first-order chi connectivity index (χ1) is 8.78. The van der Waals surface area contributed by atoms with Crippen LogP contribution in [0.5, 0.6) is 0 Å². The number of allylic oxidation sites excluding steroid dienone is 1. The van der Waals surface area contributed by atoms with E-state index in [0.717, 1.165) is 37.0 Å². The molecule has 0 spiro atoms. The largest absolute Gasteiger partial charge is 0.354 e. The highest BCUT2D eigenvalue weighted by molar-refractivity contribution is 8.03. The van der Waals surface area contributed by atoms with Gasteiger partial charge in [0.1, 0.15) is 5.82 Å². The van der Waals surface area contributed by atoms with Crippen molar-refractivity contribution < 1.29 is 0 Å². The van der Waals surface area contributed by atoms with Crippen LogP contribution in [-0.4, -0.2) is 35.8 Å². The van der Waals surface area contributed by atoms with E-state index in [2.05, 4.69) is 20.6 Å². The molecule has 1 saturated heterocycles. The lowest BCUT2D eigenvalue weighted by Crippen LogP contribution is -2.44. The minimum absolute atomic E-state index is 0.0575. The maximum Gasteiger partial charge on any atom is 0.275 e. The topological polar surface area (TPSA) is 62.2 Å². The quantitative estimate of drug-likeness (QED) is 0.706. The fraction of sp³-hybridized carbons (Fsp3) is 0.455. The van der Waals surface area contributed by atoms with Crippen molar-refractivity contribution in [3.05, 3.63) is 27.5 Å². The Kier molecular flexibility index (Phi) is 3.00. The van der Waals surface area contributed by atoms with E-state index in [-0.39, 0.29) is 5.56 Å². The van der Waals surface area contributed by atoms with Gasteiger partial charge in [-0.15, -0.1) is 0 Å². The number of piperazine rings is 1. The van der Waals surface area contributed by atoms with Crippen LogP contribution in [-0.2, 0) is 0 Å². The molecule has 7 heteroatoms. The van der Waals surface area contributed by atoms with Crippen molar-refractivity contribution in [2.75, 3.05) is 36.5 Å². The summed E-state index contributed by atoms with van der Waals surface area (Å²) in [6, 6.07) is 1.60. The summed E-state index contributed by atoms with van der Waals surface area (Å²) in [5, 5.41) is 4.94. The van der Waals surface area contributed by atoms with E-state index in [1.54, 1.807) is 6.07 Å². The number of hydrogen-bond donors (Lipinski definition) is 2. The van der Waals surface area contributed by atoms with Crippen molar-refractivity contribution in [2.45, 2.75) is 12.1 Å². The zero-order chi connectivity index (χ0) is 12.5. The number of fused-ring (bicyclic) bond motifs is 1. The summed E-state index contributed by atoms with van der Waals surface area (Å²) >= 11 is 1.49. The molecule has 0 unspecified atom stereocenters. The van der Waals surface area contributed by atoms with Crippen LogP contribution in [0.25, 0.3) is 0 Å². The molecule has 0 bridgehead atoms. The van der Waals surface area contributed by atoms with Gasteiger partial charge in [0.15, 0.2) is 5.16 Å². The van der Waals surface area contributed by atoms with E-state index < -0.39 is 0 Å². The first-order valence-corrected chi connectivity index (χ1v) is 6.80. The van der Waals surface area contributed by atoms with Crippen LogP contribution in [0.3, 0.4) is 0 Å². The minimum atomic E-state index is -0.0575. The summed E-state index contributed by atoms with van der Waals surface area (Å²) in [4.78, 5) is 18.7. The second kappa shape index (κ2) is 4.66. The normalized spacial score (nSPS) is 20.9. The van der Waals surface area contributed by atoms with Gasteiger partial charge < -0.3 is 10.2 Å². The van der Waals surface area contributed by atoms with Crippen LogP contribution >= 0.6 is 11.8 Å². The molecule has 18 heavy (non-hydrogen) atoms. The molecule has 96 valence electrons. The Morgan fingerprint density at radius 3 is 2.94 bits per heavy atom. The molecular formula is C11H15N5OS. The Morgan fingerprint density at radius 1 is 1.44 bits per heavy atom. The summed E-state index contributed by atoms with van der Waals surface area (Å²) in [6.45, 7) is 5.59. The lowest BCUT2D eigenvalue weighted by molar-refractivity contribution is 0.579. The van der Waals surface area contributed by atoms with Crippen molar-refractivity contribution >= 4 is 17.6 Å². The number of nitrogens with one attached hydrogen (secondary N) is 2. The molecule has 0 radical (unpaired) electrons. The van der Waals surface area contributed by atoms with Gasteiger partial charge in [-0.2, -0.15) is 4.68 Å². The zero-order valence-electron chi connectivity index (χ0n) is 10.1. The van der Waals surface area contributed by atoms with Crippen molar-refractivity contribution in [3.63, 3.8) is 0 Å². The monoisotopic (exact) mass is 265 g/mol.